The fourth-order valence-corrected chi connectivity index (χ4v) is 3.78. The van der Waals surface area contributed by atoms with E-state index in [1.54, 1.807) is 29.7 Å². The highest BCUT2D eigenvalue weighted by Gasteiger charge is 2.19. The number of nitrogens with two attached hydrogens (primary N) is 1. The van der Waals surface area contributed by atoms with Crippen LogP contribution < -0.4 is 16.0 Å². The van der Waals surface area contributed by atoms with E-state index in [1.807, 2.05) is 54.0 Å². The molecule has 0 atom stereocenters. The van der Waals surface area contributed by atoms with E-state index >= 15 is 0 Å². The number of nitrogens with one attached hydrogen (secondary N) is 1. The molecule has 0 radical (unpaired) electrons. The first-order valence-electron chi connectivity index (χ1n) is 10.3. The SMILES string of the molecule is CCOc1nc2cccc(C(=O)NO)c2n1Cc1ccc(-c2ccccc2C(N)=NO)cc1. The van der Waals surface area contributed by atoms with Crippen LogP contribution in [0.25, 0.3) is 22.2 Å². The molecule has 0 spiro atoms. The molecule has 0 bridgehead atoms. The fraction of sp³-hybridized carbons (Fsp3) is 0.125. The maximum Gasteiger partial charge on any atom is 0.297 e. The smallest absolute Gasteiger partial charge is 0.297 e. The number of oxime groups is 1. The van der Waals surface area contributed by atoms with Gasteiger partial charge in [0.1, 0.15) is 0 Å². The predicted octanol–water partition coefficient (Wildman–Crippen LogP) is 3.36. The number of hydrogen-bond donors (Lipinski definition) is 4. The van der Waals surface area contributed by atoms with Crippen LogP contribution in [0.4, 0.5) is 0 Å². The van der Waals surface area contributed by atoms with E-state index in [0.29, 0.717) is 35.8 Å². The molecule has 0 saturated carbocycles. The molecule has 5 N–H and O–H groups in total. The van der Waals surface area contributed by atoms with Crippen LogP contribution in [0.5, 0.6) is 6.01 Å². The average molecular weight is 445 g/mol. The van der Waals surface area contributed by atoms with Gasteiger partial charge in [-0.1, -0.05) is 59.8 Å². The van der Waals surface area contributed by atoms with Gasteiger partial charge in [-0.15, -0.1) is 0 Å². The summed E-state index contributed by atoms with van der Waals surface area (Å²) in [7, 11) is 0. The van der Waals surface area contributed by atoms with Crippen molar-refractivity contribution in [3.8, 4) is 17.1 Å². The first kappa shape index (κ1) is 21.8. The first-order chi connectivity index (χ1) is 16.1. The second-order valence-electron chi connectivity index (χ2n) is 7.26. The average Bonchev–Trinajstić information content (AvgIpc) is 3.20. The van der Waals surface area contributed by atoms with Gasteiger partial charge in [-0.25, -0.2) is 5.48 Å². The third kappa shape index (κ3) is 4.21. The number of imidazole rings is 1. The second-order valence-corrected chi connectivity index (χ2v) is 7.26. The van der Waals surface area contributed by atoms with Gasteiger partial charge in [0.15, 0.2) is 5.84 Å². The minimum absolute atomic E-state index is 0.0376. The summed E-state index contributed by atoms with van der Waals surface area (Å²) in [6.07, 6.45) is 0. The van der Waals surface area contributed by atoms with E-state index in [9.17, 15) is 4.79 Å². The lowest BCUT2D eigenvalue weighted by atomic mass is 9.98. The largest absolute Gasteiger partial charge is 0.465 e. The fourth-order valence-electron chi connectivity index (χ4n) is 3.78. The molecule has 9 nitrogen and oxygen atoms in total. The summed E-state index contributed by atoms with van der Waals surface area (Å²) in [5.41, 5.74) is 12.3. The number of ether oxygens (including phenoxy) is 1. The van der Waals surface area contributed by atoms with E-state index < -0.39 is 5.91 Å². The number of carbonyl (C=O) groups is 1. The van der Waals surface area contributed by atoms with Crippen LogP contribution in [0.15, 0.2) is 71.9 Å². The van der Waals surface area contributed by atoms with E-state index in [0.717, 1.165) is 16.7 Å². The van der Waals surface area contributed by atoms with Gasteiger partial charge in [0, 0.05) is 5.56 Å². The van der Waals surface area contributed by atoms with E-state index in [1.165, 1.54) is 0 Å². The molecule has 4 rings (SSSR count). The molecule has 1 aromatic heterocycles. The quantitative estimate of drug-likeness (QED) is 0.113. The van der Waals surface area contributed by atoms with Gasteiger partial charge in [-0.2, -0.15) is 4.98 Å². The molecule has 0 unspecified atom stereocenters. The summed E-state index contributed by atoms with van der Waals surface area (Å²) in [5, 5.41) is 21.4. The van der Waals surface area contributed by atoms with Gasteiger partial charge in [-0.05, 0) is 35.7 Å². The monoisotopic (exact) mass is 445 g/mol. The summed E-state index contributed by atoms with van der Waals surface area (Å²) >= 11 is 0. The Bertz CT molecular complexity index is 1330. The van der Waals surface area contributed by atoms with Crippen molar-refractivity contribution in [3.05, 3.63) is 83.4 Å². The topological polar surface area (TPSA) is 135 Å². The van der Waals surface area contributed by atoms with Gasteiger partial charge >= 0.3 is 0 Å². The zero-order valence-corrected chi connectivity index (χ0v) is 17.9. The molecule has 33 heavy (non-hydrogen) atoms. The molecule has 0 aliphatic carbocycles. The predicted molar refractivity (Wildman–Crippen MR) is 124 cm³/mol. The van der Waals surface area contributed by atoms with E-state index in [4.69, 9.17) is 20.9 Å². The summed E-state index contributed by atoms with van der Waals surface area (Å²) < 4.78 is 7.53. The molecule has 9 heteroatoms. The van der Waals surface area contributed by atoms with Crippen molar-refractivity contribution in [2.45, 2.75) is 13.5 Å². The Morgan fingerprint density at radius 2 is 1.82 bits per heavy atom. The minimum Gasteiger partial charge on any atom is -0.465 e. The number of carbonyl (C=O) groups excluding carboxylic acids is 1. The molecule has 0 saturated heterocycles. The third-order valence-electron chi connectivity index (χ3n) is 5.27. The Morgan fingerprint density at radius 3 is 2.52 bits per heavy atom. The third-order valence-corrected chi connectivity index (χ3v) is 5.27. The lowest BCUT2D eigenvalue weighted by molar-refractivity contribution is 0.0708. The highest BCUT2D eigenvalue weighted by molar-refractivity contribution is 6.05. The van der Waals surface area contributed by atoms with Crippen molar-refractivity contribution >= 4 is 22.8 Å². The van der Waals surface area contributed by atoms with Crippen LogP contribution in [0.1, 0.15) is 28.4 Å². The number of hydroxylamine groups is 1. The number of benzene rings is 3. The molecule has 0 aliphatic heterocycles. The van der Waals surface area contributed by atoms with Crippen LogP contribution in [0.3, 0.4) is 0 Å². The van der Waals surface area contributed by atoms with Crippen LogP contribution in [-0.4, -0.2) is 38.3 Å². The molecular weight excluding hydrogens is 422 g/mol. The highest BCUT2D eigenvalue weighted by Crippen LogP contribution is 2.28. The summed E-state index contributed by atoms with van der Waals surface area (Å²) in [4.78, 5) is 16.7. The van der Waals surface area contributed by atoms with Gasteiger partial charge < -0.3 is 15.7 Å². The first-order valence-corrected chi connectivity index (χ1v) is 10.3. The van der Waals surface area contributed by atoms with Crippen molar-refractivity contribution in [2.24, 2.45) is 10.9 Å². The molecular formula is C24H23N5O4. The molecule has 168 valence electrons. The van der Waals surface area contributed by atoms with Crippen LogP contribution in [0, 0.1) is 0 Å². The van der Waals surface area contributed by atoms with Gasteiger partial charge in [0.05, 0.1) is 29.7 Å². The molecule has 0 aliphatic rings. The number of para-hydroxylation sites is 1. The normalized spacial score (nSPS) is 11.5. The lowest BCUT2D eigenvalue weighted by Crippen LogP contribution is -2.20. The number of amidine groups is 1. The zero-order chi connectivity index (χ0) is 23.4. The Hall–Kier alpha value is -4.37. The van der Waals surface area contributed by atoms with Gasteiger partial charge in [0.2, 0.25) is 0 Å². The maximum atomic E-state index is 12.2. The Labute approximate surface area is 189 Å². The molecule has 1 heterocycles. The standard InChI is InChI=1S/C24H23N5O4/c1-2-33-24-26-20-9-5-8-19(23(30)28-32)21(20)29(24)14-15-10-12-16(13-11-15)17-6-3-4-7-18(17)22(25)27-31/h3-13,31-32H,2,14H2,1H3,(H2,25,27)(H,28,30). The minimum atomic E-state index is -0.625. The number of aromatic nitrogens is 2. The Morgan fingerprint density at radius 1 is 1.09 bits per heavy atom. The zero-order valence-electron chi connectivity index (χ0n) is 17.9. The van der Waals surface area contributed by atoms with Crippen molar-refractivity contribution < 1.29 is 19.9 Å². The number of amides is 1. The molecule has 0 fully saturated rings. The second kappa shape index (κ2) is 9.41. The van der Waals surface area contributed by atoms with Crippen molar-refractivity contribution in [1.82, 2.24) is 15.0 Å². The van der Waals surface area contributed by atoms with Crippen molar-refractivity contribution in [2.75, 3.05) is 6.61 Å². The lowest BCUT2D eigenvalue weighted by Gasteiger charge is -2.12. The molecule has 1 amide bonds. The Kier molecular flexibility index (Phi) is 6.23. The van der Waals surface area contributed by atoms with E-state index in [2.05, 4.69) is 10.1 Å². The number of nitrogens with zero attached hydrogens (tertiary/aromatic N) is 3. The van der Waals surface area contributed by atoms with Crippen LogP contribution in [-0.2, 0) is 6.54 Å². The summed E-state index contributed by atoms with van der Waals surface area (Å²) in [6.45, 7) is 2.66. The van der Waals surface area contributed by atoms with Crippen LogP contribution in [0.2, 0.25) is 0 Å². The maximum absolute atomic E-state index is 12.2. The number of rotatable bonds is 7. The molecule has 4 aromatic rings. The number of fused-ring (bicyclic) bond motifs is 1. The van der Waals surface area contributed by atoms with Crippen molar-refractivity contribution in [1.29, 1.82) is 0 Å². The number of hydrogen-bond acceptors (Lipinski definition) is 6. The van der Waals surface area contributed by atoms with Crippen LogP contribution >= 0.6 is 0 Å². The summed E-state index contributed by atoms with van der Waals surface area (Å²) in [6, 6.07) is 20.7. The Balaban J connectivity index is 1.74. The van der Waals surface area contributed by atoms with Gasteiger partial charge in [-0.3, -0.25) is 14.6 Å². The van der Waals surface area contributed by atoms with Crippen molar-refractivity contribution in [3.63, 3.8) is 0 Å². The summed E-state index contributed by atoms with van der Waals surface area (Å²) in [5.74, 6) is -0.588. The van der Waals surface area contributed by atoms with E-state index in [-0.39, 0.29) is 11.4 Å². The van der Waals surface area contributed by atoms with Gasteiger partial charge in [0.25, 0.3) is 11.9 Å². The molecule has 3 aromatic carbocycles. The highest BCUT2D eigenvalue weighted by atomic mass is 16.5.